The van der Waals surface area contributed by atoms with Crippen molar-refractivity contribution < 1.29 is 9.47 Å². The Hall–Kier alpha value is -2.16. The molecule has 1 aliphatic heterocycles. The lowest BCUT2D eigenvalue weighted by molar-refractivity contribution is 0.174. The second-order valence-corrected chi connectivity index (χ2v) is 4.43. The van der Waals surface area contributed by atoms with Gasteiger partial charge >= 0.3 is 0 Å². The second kappa shape index (κ2) is 6.85. The van der Waals surface area contributed by atoms with Gasteiger partial charge in [-0.15, -0.1) is 0 Å². The van der Waals surface area contributed by atoms with Gasteiger partial charge in [-0.25, -0.2) is 0 Å². The molecule has 0 amide bonds. The summed E-state index contributed by atoms with van der Waals surface area (Å²) in [5, 5.41) is 0. The third-order valence-corrected chi connectivity index (χ3v) is 3.10. The third-order valence-electron chi connectivity index (χ3n) is 3.10. The molecule has 1 aromatic carbocycles. The van der Waals surface area contributed by atoms with Crippen molar-refractivity contribution >= 4 is 6.08 Å². The van der Waals surface area contributed by atoms with Crippen molar-refractivity contribution in [2.45, 2.75) is 26.7 Å². The maximum absolute atomic E-state index is 5.73. The summed E-state index contributed by atoms with van der Waals surface area (Å²) in [6.45, 7) is 4.32. The average molecular weight is 271 g/mol. The topological polar surface area (TPSA) is 44.5 Å². The molecule has 2 N–H and O–H groups in total. The highest BCUT2D eigenvalue weighted by Crippen LogP contribution is 2.33. The molecular weight excluding hydrogens is 250 g/mol. The number of allylic oxidation sites excluding steroid dienone is 5. The van der Waals surface area contributed by atoms with E-state index in [-0.39, 0.29) is 0 Å². The summed E-state index contributed by atoms with van der Waals surface area (Å²) < 4.78 is 10.6. The Morgan fingerprint density at radius 1 is 1.00 bits per heavy atom. The van der Waals surface area contributed by atoms with Crippen molar-refractivity contribution in [3.05, 3.63) is 53.3 Å². The third kappa shape index (κ3) is 3.44. The normalized spacial score (nSPS) is 16.3. The standard InChI is InChI=1S/C15H15NO2.C2H6/c16-13-6-3-11(4-7-13)1-2-12-5-8-14-15(9-12)18-10-17-14;1-2/h1-3,5-6,8-9H,4,7,10,16H2;1-2H3/b2-1+;. The Balaban J connectivity index is 0.000000704. The van der Waals surface area contributed by atoms with Crippen LogP contribution in [0.5, 0.6) is 11.5 Å². The van der Waals surface area contributed by atoms with Crippen LogP contribution in [-0.4, -0.2) is 6.79 Å². The Bertz CT molecular complexity index is 556. The van der Waals surface area contributed by atoms with Crippen molar-refractivity contribution in [3.8, 4) is 11.5 Å². The first kappa shape index (κ1) is 14.3. The number of hydrogen-bond acceptors (Lipinski definition) is 3. The summed E-state index contributed by atoms with van der Waals surface area (Å²) in [5.41, 5.74) is 9.09. The van der Waals surface area contributed by atoms with Gasteiger partial charge in [0, 0.05) is 5.70 Å². The Labute approximate surface area is 120 Å². The molecule has 0 bridgehead atoms. The van der Waals surface area contributed by atoms with Crippen LogP contribution in [0.2, 0.25) is 0 Å². The van der Waals surface area contributed by atoms with E-state index in [2.05, 4.69) is 18.2 Å². The van der Waals surface area contributed by atoms with Crippen molar-refractivity contribution in [1.29, 1.82) is 0 Å². The van der Waals surface area contributed by atoms with Gasteiger partial charge in [0.1, 0.15) is 0 Å². The van der Waals surface area contributed by atoms with E-state index in [4.69, 9.17) is 15.2 Å². The van der Waals surface area contributed by atoms with Gasteiger partial charge in [0.2, 0.25) is 6.79 Å². The molecule has 1 aliphatic carbocycles. The van der Waals surface area contributed by atoms with Crippen LogP contribution in [0.3, 0.4) is 0 Å². The van der Waals surface area contributed by atoms with Gasteiger partial charge in [-0.3, -0.25) is 0 Å². The van der Waals surface area contributed by atoms with Gasteiger partial charge in [-0.1, -0.05) is 38.1 Å². The zero-order valence-electron chi connectivity index (χ0n) is 12.1. The quantitative estimate of drug-likeness (QED) is 0.883. The molecule has 0 saturated heterocycles. The number of ether oxygens (including phenoxy) is 2. The minimum absolute atomic E-state index is 0.317. The predicted octanol–water partition coefficient (Wildman–Crippen LogP) is 4.02. The van der Waals surface area contributed by atoms with Crippen molar-refractivity contribution in [1.82, 2.24) is 0 Å². The van der Waals surface area contributed by atoms with E-state index in [1.54, 1.807) is 0 Å². The molecule has 0 fully saturated rings. The number of nitrogens with two attached hydrogens (primary N) is 1. The molecule has 0 radical (unpaired) electrons. The SMILES string of the molecule is CC.NC1=CC=C(/C=C/c2ccc3c(c2)OCO3)CC1. The highest BCUT2D eigenvalue weighted by molar-refractivity contribution is 5.58. The zero-order valence-corrected chi connectivity index (χ0v) is 12.1. The van der Waals surface area contributed by atoms with Crippen molar-refractivity contribution in [3.63, 3.8) is 0 Å². The Morgan fingerprint density at radius 2 is 1.80 bits per heavy atom. The minimum atomic E-state index is 0.317. The van der Waals surface area contributed by atoms with Crippen LogP contribution in [0.25, 0.3) is 6.08 Å². The van der Waals surface area contributed by atoms with Gasteiger partial charge in [0.05, 0.1) is 0 Å². The molecule has 3 heteroatoms. The first-order chi connectivity index (χ1) is 9.81. The lowest BCUT2D eigenvalue weighted by atomic mass is 10.0. The van der Waals surface area contributed by atoms with E-state index in [1.807, 2.05) is 38.1 Å². The average Bonchev–Trinajstić information content (AvgIpc) is 2.96. The smallest absolute Gasteiger partial charge is 0.231 e. The fraction of sp³-hybridized carbons (Fsp3) is 0.294. The molecule has 2 aliphatic rings. The summed E-state index contributed by atoms with van der Waals surface area (Å²) in [6.07, 6.45) is 10.2. The van der Waals surface area contributed by atoms with Crippen molar-refractivity contribution in [2.75, 3.05) is 6.79 Å². The van der Waals surface area contributed by atoms with Crippen LogP contribution < -0.4 is 15.2 Å². The number of rotatable bonds is 2. The maximum Gasteiger partial charge on any atom is 0.231 e. The van der Waals surface area contributed by atoms with E-state index in [0.717, 1.165) is 35.6 Å². The van der Waals surface area contributed by atoms with Crippen LogP contribution in [0.1, 0.15) is 32.3 Å². The number of benzene rings is 1. The lowest BCUT2D eigenvalue weighted by Crippen LogP contribution is -2.00. The highest BCUT2D eigenvalue weighted by atomic mass is 16.7. The molecule has 1 heterocycles. The molecule has 20 heavy (non-hydrogen) atoms. The summed E-state index contributed by atoms with van der Waals surface area (Å²) >= 11 is 0. The molecule has 1 aromatic rings. The predicted molar refractivity (Wildman–Crippen MR) is 82.5 cm³/mol. The van der Waals surface area contributed by atoms with E-state index < -0.39 is 0 Å². The van der Waals surface area contributed by atoms with Gasteiger partial charge in [0.25, 0.3) is 0 Å². The van der Waals surface area contributed by atoms with Gasteiger partial charge in [0.15, 0.2) is 11.5 Å². The van der Waals surface area contributed by atoms with E-state index in [0.29, 0.717) is 6.79 Å². The number of fused-ring (bicyclic) bond motifs is 1. The molecule has 3 nitrogen and oxygen atoms in total. The summed E-state index contributed by atoms with van der Waals surface area (Å²) in [4.78, 5) is 0. The molecular formula is C17H21NO2. The van der Waals surface area contributed by atoms with Crippen LogP contribution in [-0.2, 0) is 0 Å². The Morgan fingerprint density at radius 3 is 2.55 bits per heavy atom. The van der Waals surface area contributed by atoms with E-state index >= 15 is 0 Å². The molecule has 106 valence electrons. The van der Waals surface area contributed by atoms with Crippen LogP contribution >= 0.6 is 0 Å². The largest absolute Gasteiger partial charge is 0.454 e. The first-order valence-electron chi connectivity index (χ1n) is 7.04. The summed E-state index contributed by atoms with van der Waals surface area (Å²) in [7, 11) is 0. The molecule has 0 atom stereocenters. The summed E-state index contributed by atoms with van der Waals surface area (Å²) in [5.74, 6) is 1.64. The minimum Gasteiger partial charge on any atom is -0.454 e. The van der Waals surface area contributed by atoms with Gasteiger partial charge in [-0.05, 0) is 42.2 Å². The molecule has 0 aromatic heterocycles. The fourth-order valence-electron chi connectivity index (χ4n) is 2.03. The number of hydrogen-bond donors (Lipinski definition) is 1. The van der Waals surface area contributed by atoms with E-state index in [9.17, 15) is 0 Å². The van der Waals surface area contributed by atoms with Crippen molar-refractivity contribution in [2.24, 2.45) is 5.73 Å². The monoisotopic (exact) mass is 271 g/mol. The first-order valence-corrected chi connectivity index (χ1v) is 7.04. The van der Waals surface area contributed by atoms with Crippen LogP contribution in [0, 0.1) is 0 Å². The highest BCUT2D eigenvalue weighted by Gasteiger charge is 2.12. The van der Waals surface area contributed by atoms with Crippen LogP contribution in [0.4, 0.5) is 0 Å². The lowest BCUT2D eigenvalue weighted by Gasteiger charge is -2.07. The van der Waals surface area contributed by atoms with Crippen LogP contribution in [0.15, 0.2) is 47.7 Å². The molecule has 0 spiro atoms. The van der Waals surface area contributed by atoms with E-state index in [1.165, 1.54) is 5.57 Å². The van der Waals surface area contributed by atoms with Gasteiger partial charge < -0.3 is 15.2 Å². The maximum atomic E-state index is 5.73. The fourth-order valence-corrected chi connectivity index (χ4v) is 2.03. The summed E-state index contributed by atoms with van der Waals surface area (Å²) in [6, 6.07) is 5.96. The molecule has 0 unspecified atom stereocenters. The molecule has 0 saturated carbocycles. The molecule has 3 rings (SSSR count). The second-order valence-electron chi connectivity index (χ2n) is 4.43. The van der Waals surface area contributed by atoms with Gasteiger partial charge in [-0.2, -0.15) is 0 Å². The zero-order chi connectivity index (χ0) is 14.4. The Kier molecular flexibility index (Phi) is 4.88.